The Morgan fingerprint density at radius 2 is 2.14 bits per heavy atom. The van der Waals surface area contributed by atoms with Crippen LogP contribution in [0.2, 0.25) is 5.15 Å². The molecule has 4 heterocycles. The molecular weight excluding hydrogens is 439 g/mol. The number of piperidine rings is 1. The zero-order valence-corrected chi connectivity index (χ0v) is 17.7. The minimum Gasteiger partial charge on any atom is -0.375 e. The monoisotopic (exact) mass is 456 g/mol. The zero-order valence-electron chi connectivity index (χ0n) is 15.3. The van der Waals surface area contributed by atoms with Crippen LogP contribution in [0.25, 0.3) is 11.5 Å². The molecule has 0 aliphatic carbocycles. The molecule has 2 atom stereocenters. The maximum Gasteiger partial charge on any atom is 0.254 e. The number of sulfonamides is 1. The number of nitrogens with two attached hydrogens (primary N) is 1. The fourth-order valence-electron chi connectivity index (χ4n) is 3.52. The van der Waals surface area contributed by atoms with E-state index in [4.69, 9.17) is 17.3 Å². The van der Waals surface area contributed by atoms with Gasteiger partial charge < -0.3 is 10.7 Å². The first-order chi connectivity index (χ1) is 13.8. The topological polar surface area (TPSA) is 118 Å². The number of imidazole rings is 1. The fourth-order valence-corrected chi connectivity index (χ4v) is 6.42. The second kappa shape index (κ2) is 7.63. The van der Waals surface area contributed by atoms with Crippen molar-refractivity contribution < 1.29 is 12.8 Å². The van der Waals surface area contributed by atoms with E-state index in [0.717, 1.165) is 23.2 Å². The number of H-pyrrole nitrogens is 1. The van der Waals surface area contributed by atoms with E-state index < -0.39 is 15.8 Å². The third-order valence-electron chi connectivity index (χ3n) is 4.99. The maximum absolute atomic E-state index is 13.1. The van der Waals surface area contributed by atoms with Gasteiger partial charge in [0, 0.05) is 19.0 Å². The molecule has 1 aliphatic rings. The number of nitrogens with zero attached hydrogens (tertiary/aromatic N) is 4. The molecule has 3 aromatic heterocycles. The summed E-state index contributed by atoms with van der Waals surface area (Å²) >= 11 is 7.31. The molecular formula is C17H18ClFN6O2S2. The second-order valence-corrected chi connectivity index (χ2v) is 10.5. The zero-order chi connectivity index (χ0) is 20.8. The Morgan fingerprint density at radius 1 is 1.34 bits per heavy atom. The van der Waals surface area contributed by atoms with E-state index in [2.05, 4.69) is 19.9 Å². The van der Waals surface area contributed by atoms with Crippen LogP contribution in [-0.4, -0.2) is 45.7 Å². The highest BCUT2D eigenvalue weighted by Gasteiger charge is 2.36. The Bertz CT molecular complexity index is 1130. The third-order valence-corrected chi connectivity index (χ3v) is 8.41. The average Bonchev–Trinajstić information content (AvgIpc) is 3.28. The number of aromatic amines is 1. The molecule has 0 radical (unpaired) electrons. The van der Waals surface area contributed by atoms with Gasteiger partial charge in [0.25, 0.3) is 10.0 Å². The lowest BCUT2D eigenvalue weighted by Crippen LogP contribution is -2.42. The Balaban J connectivity index is 1.54. The van der Waals surface area contributed by atoms with Crippen LogP contribution in [0, 0.1) is 11.7 Å². The van der Waals surface area contributed by atoms with Crippen LogP contribution in [0.5, 0.6) is 0 Å². The molecule has 29 heavy (non-hydrogen) atoms. The summed E-state index contributed by atoms with van der Waals surface area (Å²) in [6.45, 7) is 2.65. The molecule has 154 valence electrons. The molecule has 0 aromatic carbocycles. The van der Waals surface area contributed by atoms with Crippen molar-refractivity contribution in [1.29, 1.82) is 0 Å². The minimum absolute atomic E-state index is 0.00202. The number of halogens is 2. The van der Waals surface area contributed by atoms with Crippen molar-refractivity contribution in [2.24, 2.45) is 5.92 Å². The summed E-state index contributed by atoms with van der Waals surface area (Å²) in [4.78, 5) is 15.4. The number of nitrogen functional groups attached to an aromatic ring is 1. The standard InChI is InChI=1S/C17H18ClFN6O2S2/c1-9-8-25(29(26,27)13-7-22-17(20)28-13)5-4-11(9)14-15(18)24-16(23-14)12-3-2-10(19)6-21-12/h2-3,6-7,9,11H,4-5,8H2,1H3,(H2,20,22)(H,23,24)/t9-,11+/m0/s1. The van der Waals surface area contributed by atoms with Gasteiger partial charge in [-0.2, -0.15) is 4.31 Å². The van der Waals surface area contributed by atoms with Crippen molar-refractivity contribution in [3.63, 3.8) is 0 Å². The molecule has 0 unspecified atom stereocenters. The number of pyridine rings is 1. The predicted molar refractivity (Wildman–Crippen MR) is 109 cm³/mol. The quantitative estimate of drug-likeness (QED) is 0.622. The Hall–Kier alpha value is -2.08. The third kappa shape index (κ3) is 3.87. The molecule has 1 fully saturated rings. The highest BCUT2D eigenvalue weighted by Crippen LogP contribution is 2.38. The van der Waals surface area contributed by atoms with Gasteiger partial charge in [0.15, 0.2) is 20.3 Å². The summed E-state index contributed by atoms with van der Waals surface area (Å²) < 4.78 is 40.4. The summed E-state index contributed by atoms with van der Waals surface area (Å²) in [7, 11) is -3.63. The number of hydrogen-bond donors (Lipinski definition) is 2. The van der Waals surface area contributed by atoms with E-state index in [0.29, 0.717) is 36.2 Å². The number of rotatable bonds is 4. The SMILES string of the molecule is C[C@H]1CN(S(=O)(=O)c2cnc(N)s2)CC[C@H]1c1[nH]c(-c2ccc(F)cn2)nc1Cl. The van der Waals surface area contributed by atoms with E-state index in [1.165, 1.54) is 22.6 Å². The first kappa shape index (κ1) is 20.2. The lowest BCUT2D eigenvalue weighted by atomic mass is 9.86. The molecule has 3 N–H and O–H groups in total. The van der Waals surface area contributed by atoms with Gasteiger partial charge in [0.1, 0.15) is 11.5 Å². The van der Waals surface area contributed by atoms with Crippen LogP contribution in [0.15, 0.2) is 28.7 Å². The second-order valence-electron chi connectivity index (χ2n) is 6.90. The summed E-state index contributed by atoms with van der Waals surface area (Å²) in [5.41, 5.74) is 6.80. The average molecular weight is 457 g/mol. The van der Waals surface area contributed by atoms with Crippen molar-refractivity contribution in [2.75, 3.05) is 18.8 Å². The first-order valence-electron chi connectivity index (χ1n) is 8.84. The number of hydrogen-bond acceptors (Lipinski definition) is 7. The number of anilines is 1. The van der Waals surface area contributed by atoms with Gasteiger partial charge in [-0.1, -0.05) is 29.9 Å². The van der Waals surface area contributed by atoms with Gasteiger partial charge in [-0.05, 0) is 24.5 Å². The highest BCUT2D eigenvalue weighted by atomic mass is 35.5. The van der Waals surface area contributed by atoms with Crippen molar-refractivity contribution in [1.82, 2.24) is 24.2 Å². The molecule has 1 saturated heterocycles. The Kier molecular flexibility index (Phi) is 5.32. The lowest BCUT2D eigenvalue weighted by Gasteiger charge is -2.35. The van der Waals surface area contributed by atoms with Crippen LogP contribution in [0.4, 0.5) is 9.52 Å². The smallest absolute Gasteiger partial charge is 0.254 e. The lowest BCUT2D eigenvalue weighted by molar-refractivity contribution is 0.246. The number of nitrogens with one attached hydrogen (secondary N) is 1. The van der Waals surface area contributed by atoms with E-state index in [1.54, 1.807) is 0 Å². The molecule has 0 amide bonds. The van der Waals surface area contributed by atoms with Crippen LogP contribution < -0.4 is 5.73 Å². The van der Waals surface area contributed by atoms with Crippen molar-refractivity contribution in [3.05, 3.63) is 41.2 Å². The molecule has 0 saturated carbocycles. The van der Waals surface area contributed by atoms with Crippen molar-refractivity contribution in [3.8, 4) is 11.5 Å². The maximum atomic E-state index is 13.1. The summed E-state index contributed by atoms with van der Waals surface area (Å²) in [6.07, 6.45) is 2.98. The highest BCUT2D eigenvalue weighted by molar-refractivity contribution is 7.91. The van der Waals surface area contributed by atoms with Gasteiger partial charge in [-0.25, -0.2) is 27.8 Å². The summed E-state index contributed by atoms with van der Waals surface area (Å²) in [5, 5.41) is 0.534. The molecule has 1 aliphatic heterocycles. The first-order valence-corrected chi connectivity index (χ1v) is 11.5. The Labute approximate surface area is 176 Å². The fraction of sp³-hybridized carbons (Fsp3) is 0.353. The van der Waals surface area contributed by atoms with E-state index in [1.807, 2.05) is 6.92 Å². The molecule has 0 spiro atoms. The molecule has 8 nitrogen and oxygen atoms in total. The van der Waals surface area contributed by atoms with E-state index >= 15 is 0 Å². The number of aromatic nitrogens is 4. The minimum atomic E-state index is -3.63. The largest absolute Gasteiger partial charge is 0.375 e. The van der Waals surface area contributed by atoms with Gasteiger partial charge in [0.2, 0.25) is 0 Å². The van der Waals surface area contributed by atoms with Gasteiger partial charge >= 0.3 is 0 Å². The van der Waals surface area contributed by atoms with Gasteiger partial charge in [-0.3, -0.25) is 0 Å². The molecule has 0 bridgehead atoms. The van der Waals surface area contributed by atoms with Crippen LogP contribution in [0.1, 0.15) is 25.0 Å². The van der Waals surface area contributed by atoms with E-state index in [9.17, 15) is 12.8 Å². The van der Waals surface area contributed by atoms with Crippen LogP contribution in [0.3, 0.4) is 0 Å². The van der Waals surface area contributed by atoms with Gasteiger partial charge in [0.05, 0.1) is 18.1 Å². The molecule has 4 rings (SSSR count). The number of thiazole rings is 1. The molecule has 3 aromatic rings. The Morgan fingerprint density at radius 3 is 2.76 bits per heavy atom. The normalized spacial score (nSPS) is 20.8. The van der Waals surface area contributed by atoms with Crippen molar-refractivity contribution in [2.45, 2.75) is 23.5 Å². The van der Waals surface area contributed by atoms with Crippen LogP contribution >= 0.6 is 22.9 Å². The molecule has 12 heteroatoms. The van der Waals surface area contributed by atoms with Crippen LogP contribution in [-0.2, 0) is 10.0 Å². The van der Waals surface area contributed by atoms with Gasteiger partial charge in [-0.15, -0.1) is 0 Å². The predicted octanol–water partition coefficient (Wildman–Crippen LogP) is 3.12. The van der Waals surface area contributed by atoms with Crippen molar-refractivity contribution >= 4 is 38.1 Å². The summed E-state index contributed by atoms with van der Waals surface area (Å²) in [5.74, 6) is 0.0156. The summed E-state index contributed by atoms with van der Waals surface area (Å²) in [6, 6.07) is 2.82. The van der Waals surface area contributed by atoms with E-state index in [-0.39, 0.29) is 21.2 Å².